The quantitative estimate of drug-likeness (QED) is 0.864. The Kier molecular flexibility index (Phi) is 6.60. The van der Waals surface area contributed by atoms with Gasteiger partial charge in [0, 0.05) is 32.7 Å². The van der Waals surface area contributed by atoms with Crippen LogP contribution in [0.3, 0.4) is 0 Å². The molecule has 28 heavy (non-hydrogen) atoms. The van der Waals surface area contributed by atoms with Gasteiger partial charge < -0.3 is 19.9 Å². The topological polar surface area (TPSA) is 61.9 Å². The van der Waals surface area contributed by atoms with Crippen molar-refractivity contribution in [1.29, 1.82) is 0 Å². The van der Waals surface area contributed by atoms with Gasteiger partial charge in [0.2, 0.25) is 5.91 Å². The lowest BCUT2D eigenvalue weighted by Crippen LogP contribution is -2.51. The van der Waals surface area contributed by atoms with Gasteiger partial charge >= 0.3 is 6.03 Å². The fourth-order valence-electron chi connectivity index (χ4n) is 4.17. The number of nitrogens with zero attached hydrogens (tertiary/aromatic N) is 2. The number of piperidine rings is 1. The predicted molar refractivity (Wildman–Crippen MR) is 109 cm³/mol. The van der Waals surface area contributed by atoms with Crippen molar-refractivity contribution >= 4 is 11.9 Å². The van der Waals surface area contributed by atoms with E-state index in [0.29, 0.717) is 45.8 Å². The van der Waals surface area contributed by atoms with E-state index >= 15 is 0 Å². The number of aryl methyl sites for hydroxylation is 2. The molecule has 0 saturated carbocycles. The predicted octanol–water partition coefficient (Wildman–Crippen LogP) is 3.01. The molecule has 0 unspecified atom stereocenters. The minimum Gasteiger partial charge on any atom is -0.372 e. The average Bonchev–Trinajstić information content (AvgIpc) is 2.82. The maximum Gasteiger partial charge on any atom is 0.317 e. The van der Waals surface area contributed by atoms with E-state index in [1.807, 2.05) is 16.7 Å². The number of rotatable bonds is 4. The molecular formula is C22H33N3O3. The summed E-state index contributed by atoms with van der Waals surface area (Å²) in [6.07, 6.45) is 2.77. The maximum absolute atomic E-state index is 13.0. The third kappa shape index (κ3) is 4.66. The van der Waals surface area contributed by atoms with Crippen LogP contribution in [0, 0.1) is 13.8 Å². The van der Waals surface area contributed by atoms with Crippen molar-refractivity contribution in [3.63, 3.8) is 0 Å². The van der Waals surface area contributed by atoms with Crippen LogP contribution >= 0.6 is 0 Å². The fraction of sp³-hybridized carbons (Fsp3) is 0.636. The van der Waals surface area contributed by atoms with E-state index < -0.39 is 5.60 Å². The van der Waals surface area contributed by atoms with E-state index in [1.54, 1.807) is 0 Å². The van der Waals surface area contributed by atoms with Crippen molar-refractivity contribution in [2.45, 2.75) is 58.6 Å². The Morgan fingerprint density at radius 1 is 1.18 bits per heavy atom. The van der Waals surface area contributed by atoms with E-state index in [1.165, 1.54) is 16.7 Å². The number of benzene rings is 1. The zero-order valence-electron chi connectivity index (χ0n) is 17.4. The molecule has 3 amide bonds. The number of nitrogens with one attached hydrogen (secondary N) is 1. The Morgan fingerprint density at radius 2 is 1.86 bits per heavy atom. The Bertz CT molecular complexity index is 691. The lowest BCUT2D eigenvalue weighted by molar-refractivity contribution is -0.135. The van der Waals surface area contributed by atoms with Crippen LogP contribution in [0.5, 0.6) is 0 Å². The van der Waals surface area contributed by atoms with Crippen LogP contribution in [0.2, 0.25) is 0 Å². The monoisotopic (exact) mass is 387 g/mol. The Morgan fingerprint density at radius 3 is 2.50 bits per heavy atom. The summed E-state index contributed by atoms with van der Waals surface area (Å²) in [5, 5.41) is 2.93. The number of likely N-dealkylation sites (tertiary alicyclic amines) is 1. The first-order chi connectivity index (χ1) is 13.4. The number of hydrogen-bond donors (Lipinski definition) is 1. The molecule has 2 saturated heterocycles. The molecule has 1 aromatic carbocycles. The van der Waals surface area contributed by atoms with Crippen LogP contribution in [0.4, 0.5) is 4.79 Å². The third-order valence-electron chi connectivity index (χ3n) is 6.08. The first kappa shape index (κ1) is 20.6. The second kappa shape index (κ2) is 8.95. The molecule has 0 bridgehead atoms. The third-order valence-corrected chi connectivity index (χ3v) is 6.08. The molecule has 2 heterocycles. The lowest BCUT2D eigenvalue weighted by Gasteiger charge is -2.40. The van der Waals surface area contributed by atoms with Gasteiger partial charge in [0.15, 0.2) is 0 Å². The van der Waals surface area contributed by atoms with Gasteiger partial charge in [-0.3, -0.25) is 4.79 Å². The van der Waals surface area contributed by atoms with Crippen LogP contribution in [-0.2, 0) is 16.1 Å². The molecule has 0 radical (unpaired) electrons. The van der Waals surface area contributed by atoms with E-state index in [4.69, 9.17) is 4.74 Å². The Balaban J connectivity index is 1.61. The molecule has 2 fully saturated rings. The number of amides is 3. The van der Waals surface area contributed by atoms with E-state index in [0.717, 1.165) is 19.3 Å². The molecule has 6 nitrogen and oxygen atoms in total. The molecule has 0 atom stereocenters. The molecule has 1 spiro atoms. The standard InChI is InChI=1S/C22H33N3O3/c1-4-10-23-21(27)24-11-8-22(9-12-24)15-20(26)25(13-14-28-22)16-19-17(2)6-5-7-18(19)3/h5-7H,4,8-16H2,1-3H3,(H,23,27). The molecule has 154 valence electrons. The molecule has 1 N–H and O–H groups in total. The van der Waals surface area contributed by atoms with Crippen molar-refractivity contribution in [2.24, 2.45) is 0 Å². The van der Waals surface area contributed by atoms with E-state index in [2.05, 4.69) is 37.4 Å². The molecule has 0 aliphatic carbocycles. The van der Waals surface area contributed by atoms with E-state index in [-0.39, 0.29) is 11.9 Å². The number of urea groups is 1. The Hall–Kier alpha value is -2.08. The molecule has 1 aromatic rings. The zero-order chi connectivity index (χ0) is 20.1. The van der Waals surface area contributed by atoms with Gasteiger partial charge in [0.05, 0.1) is 18.6 Å². The molecule has 3 rings (SSSR count). The first-order valence-corrected chi connectivity index (χ1v) is 10.4. The summed E-state index contributed by atoms with van der Waals surface area (Å²) in [5.74, 6) is 0.157. The van der Waals surface area contributed by atoms with Crippen molar-refractivity contribution in [1.82, 2.24) is 15.1 Å². The zero-order valence-corrected chi connectivity index (χ0v) is 17.4. The smallest absolute Gasteiger partial charge is 0.317 e. The van der Waals surface area contributed by atoms with Gasteiger partial charge in [-0.15, -0.1) is 0 Å². The largest absolute Gasteiger partial charge is 0.372 e. The summed E-state index contributed by atoms with van der Waals surface area (Å²) in [7, 11) is 0. The van der Waals surface area contributed by atoms with Crippen LogP contribution in [0.25, 0.3) is 0 Å². The first-order valence-electron chi connectivity index (χ1n) is 10.4. The lowest BCUT2D eigenvalue weighted by atomic mass is 9.87. The summed E-state index contributed by atoms with van der Waals surface area (Å²) in [5.41, 5.74) is 3.25. The summed E-state index contributed by atoms with van der Waals surface area (Å²) >= 11 is 0. The van der Waals surface area contributed by atoms with Crippen molar-refractivity contribution in [3.05, 3.63) is 34.9 Å². The number of carbonyl (C=O) groups excluding carboxylic acids is 2. The summed E-state index contributed by atoms with van der Waals surface area (Å²) in [4.78, 5) is 29.0. The summed E-state index contributed by atoms with van der Waals surface area (Å²) < 4.78 is 6.22. The molecule has 6 heteroatoms. The van der Waals surface area contributed by atoms with Crippen molar-refractivity contribution in [2.75, 3.05) is 32.8 Å². The van der Waals surface area contributed by atoms with Gasteiger partial charge in [0.1, 0.15) is 0 Å². The highest BCUT2D eigenvalue weighted by Gasteiger charge is 2.41. The van der Waals surface area contributed by atoms with Crippen LogP contribution in [-0.4, -0.2) is 60.1 Å². The second-order valence-electron chi connectivity index (χ2n) is 8.11. The highest BCUT2D eigenvalue weighted by molar-refractivity contribution is 5.78. The minimum absolute atomic E-state index is 0.00620. The molecule has 0 aromatic heterocycles. The van der Waals surface area contributed by atoms with E-state index in [9.17, 15) is 9.59 Å². The van der Waals surface area contributed by atoms with Gasteiger partial charge in [-0.1, -0.05) is 25.1 Å². The Labute approximate surface area is 168 Å². The normalized spacial score (nSPS) is 19.6. The van der Waals surface area contributed by atoms with Crippen LogP contribution in [0.15, 0.2) is 18.2 Å². The van der Waals surface area contributed by atoms with Crippen LogP contribution < -0.4 is 5.32 Å². The second-order valence-corrected chi connectivity index (χ2v) is 8.11. The highest BCUT2D eigenvalue weighted by atomic mass is 16.5. The molecule has 2 aliphatic heterocycles. The minimum atomic E-state index is -0.422. The molecule has 2 aliphatic rings. The average molecular weight is 388 g/mol. The molecular weight excluding hydrogens is 354 g/mol. The number of ether oxygens (including phenoxy) is 1. The summed E-state index contributed by atoms with van der Waals surface area (Å²) in [6, 6.07) is 6.25. The number of carbonyl (C=O) groups is 2. The highest BCUT2D eigenvalue weighted by Crippen LogP contribution is 2.33. The SMILES string of the molecule is CCCNC(=O)N1CCC2(CC1)CC(=O)N(Cc1c(C)cccc1C)CCO2. The maximum atomic E-state index is 13.0. The summed E-state index contributed by atoms with van der Waals surface area (Å²) in [6.45, 7) is 10.0. The van der Waals surface area contributed by atoms with Gasteiger partial charge in [-0.2, -0.15) is 0 Å². The van der Waals surface area contributed by atoms with Gasteiger partial charge in [0.25, 0.3) is 0 Å². The number of hydrogen-bond acceptors (Lipinski definition) is 3. The van der Waals surface area contributed by atoms with Crippen molar-refractivity contribution in [3.8, 4) is 0 Å². The van der Waals surface area contributed by atoms with Crippen LogP contribution in [0.1, 0.15) is 49.3 Å². The van der Waals surface area contributed by atoms with Crippen molar-refractivity contribution < 1.29 is 14.3 Å². The van der Waals surface area contributed by atoms with Gasteiger partial charge in [-0.05, 0) is 49.8 Å². The fourth-order valence-corrected chi connectivity index (χ4v) is 4.17. The van der Waals surface area contributed by atoms with Gasteiger partial charge in [-0.25, -0.2) is 4.79 Å².